The molecule has 2 aliphatic rings. The minimum Gasteiger partial charge on any atom is -0.466 e. The largest absolute Gasteiger partial charge is 0.466 e. The molecule has 0 aliphatic carbocycles. The molecule has 1 fully saturated rings. The van der Waals surface area contributed by atoms with Crippen LogP contribution < -0.4 is 15.5 Å². The molecule has 0 spiro atoms. The number of carbonyl (C=O) groups excluding carboxylic acids is 2. The highest BCUT2D eigenvalue weighted by Crippen LogP contribution is 2.31. The lowest BCUT2D eigenvalue weighted by Crippen LogP contribution is -2.52. The first-order valence-corrected chi connectivity index (χ1v) is 13.3. The first-order chi connectivity index (χ1) is 16.4. The van der Waals surface area contributed by atoms with Crippen LogP contribution in [0.2, 0.25) is 5.02 Å². The summed E-state index contributed by atoms with van der Waals surface area (Å²) in [5.41, 5.74) is 0.914. The molecule has 2 N–H and O–H groups in total. The molecule has 9 nitrogen and oxygen atoms in total. The summed E-state index contributed by atoms with van der Waals surface area (Å²) in [7, 11) is 0. The first kappa shape index (κ1) is 24.8. The van der Waals surface area contributed by atoms with Gasteiger partial charge in [-0.2, -0.15) is 0 Å². The van der Waals surface area contributed by atoms with Crippen LogP contribution in [0.15, 0.2) is 29.2 Å². The molecule has 1 saturated heterocycles. The predicted octanol–water partition coefficient (Wildman–Crippen LogP) is 3.00. The summed E-state index contributed by atoms with van der Waals surface area (Å²) in [6, 6.07) is 2.15. The minimum atomic E-state index is -0.292. The van der Waals surface area contributed by atoms with E-state index in [2.05, 4.69) is 37.3 Å². The van der Waals surface area contributed by atoms with Crippen LogP contribution >= 0.6 is 34.7 Å². The number of anilines is 1. The van der Waals surface area contributed by atoms with Crippen LogP contribution in [0.3, 0.4) is 0 Å². The van der Waals surface area contributed by atoms with E-state index in [0.717, 1.165) is 36.0 Å². The molecule has 2 aromatic rings. The molecule has 34 heavy (non-hydrogen) atoms. The number of nitrogens with zero attached hydrogens (tertiary/aromatic N) is 4. The molecular weight excluding hydrogens is 496 g/mol. The van der Waals surface area contributed by atoms with Crippen LogP contribution in [0, 0.1) is 0 Å². The number of carbonyl (C=O) groups is 2. The fraction of sp³-hybridized carbons (Fsp3) is 0.455. The van der Waals surface area contributed by atoms with Crippen molar-refractivity contribution in [1.29, 1.82) is 0 Å². The van der Waals surface area contributed by atoms with Crippen LogP contribution in [-0.2, 0) is 9.53 Å². The Morgan fingerprint density at radius 2 is 2.18 bits per heavy atom. The predicted molar refractivity (Wildman–Crippen MR) is 136 cm³/mol. The van der Waals surface area contributed by atoms with Gasteiger partial charge in [-0.25, -0.2) is 9.97 Å². The zero-order valence-electron chi connectivity index (χ0n) is 19.0. The quantitative estimate of drug-likeness (QED) is 0.507. The minimum absolute atomic E-state index is 0.161. The maximum absolute atomic E-state index is 12.6. The molecule has 2 unspecified atom stereocenters. The fourth-order valence-electron chi connectivity index (χ4n) is 3.80. The van der Waals surface area contributed by atoms with Crippen LogP contribution in [0.4, 0.5) is 5.82 Å². The smallest absolute Gasteiger partial charge is 0.307 e. The molecule has 0 saturated carbocycles. The van der Waals surface area contributed by atoms with Crippen molar-refractivity contribution in [2.24, 2.45) is 0 Å². The molecule has 182 valence electrons. The zero-order chi connectivity index (χ0) is 24.1. The van der Waals surface area contributed by atoms with Gasteiger partial charge in [0.15, 0.2) is 5.50 Å². The fourth-order valence-corrected chi connectivity index (χ4v) is 5.76. The second-order valence-corrected chi connectivity index (χ2v) is 10.3. The van der Waals surface area contributed by atoms with Crippen LogP contribution in [0.25, 0.3) is 5.70 Å². The lowest BCUT2D eigenvalue weighted by Gasteiger charge is -2.40. The topological polar surface area (TPSA) is 99.7 Å². The molecular formula is C22H27ClN6O3S2. The van der Waals surface area contributed by atoms with E-state index in [0.29, 0.717) is 24.6 Å². The molecule has 0 bridgehead atoms. The van der Waals surface area contributed by atoms with Gasteiger partial charge >= 0.3 is 5.97 Å². The number of thioether (sulfide) groups is 1. The Morgan fingerprint density at radius 1 is 1.32 bits per heavy atom. The second kappa shape index (κ2) is 11.4. The average Bonchev–Trinajstić information content (AvgIpc) is 3.47. The van der Waals surface area contributed by atoms with Gasteiger partial charge in [-0.3, -0.25) is 14.5 Å². The Balaban J connectivity index is 1.25. The molecule has 4 heterocycles. The number of halogens is 1. The van der Waals surface area contributed by atoms with Crippen molar-refractivity contribution in [3.8, 4) is 0 Å². The summed E-state index contributed by atoms with van der Waals surface area (Å²) in [6.07, 6.45) is 3.55. The van der Waals surface area contributed by atoms with Gasteiger partial charge in [-0.1, -0.05) is 23.4 Å². The van der Waals surface area contributed by atoms with Crippen LogP contribution in [0.1, 0.15) is 35.6 Å². The van der Waals surface area contributed by atoms with Gasteiger partial charge in [0.25, 0.3) is 5.91 Å². The van der Waals surface area contributed by atoms with Gasteiger partial charge in [-0.05, 0) is 25.3 Å². The van der Waals surface area contributed by atoms with Gasteiger partial charge in [-0.15, -0.1) is 11.3 Å². The third kappa shape index (κ3) is 6.21. The molecule has 1 amide bonds. The Kier molecular flexibility index (Phi) is 8.30. The second-order valence-electron chi connectivity index (χ2n) is 7.94. The van der Waals surface area contributed by atoms with Crippen molar-refractivity contribution in [3.63, 3.8) is 0 Å². The number of thiophene rings is 1. The highest BCUT2D eigenvalue weighted by molar-refractivity contribution is 8.03. The van der Waals surface area contributed by atoms with Crippen molar-refractivity contribution in [2.45, 2.75) is 31.8 Å². The number of esters is 1. The standard InChI is InChI=1S/C22H27ClN6O3S2/c1-3-32-20(30)4-5-28-6-7-29(11-14(28)2)19-10-24-16(9-25-19)21(31)27-22-26-17(13-34-22)18-8-15(23)12-33-18/h8-10,12-14,22,26H,3-7,11H2,1-2H3,(H,27,31). The van der Waals surface area contributed by atoms with Gasteiger partial charge in [0, 0.05) is 37.6 Å². The third-order valence-corrected chi connectivity index (χ3v) is 7.76. The first-order valence-electron chi connectivity index (χ1n) is 11.1. The number of nitrogens with one attached hydrogen (secondary N) is 2. The number of hydrogen-bond donors (Lipinski definition) is 2. The van der Waals surface area contributed by atoms with E-state index in [9.17, 15) is 9.59 Å². The summed E-state index contributed by atoms with van der Waals surface area (Å²) < 4.78 is 5.02. The average molecular weight is 523 g/mol. The molecule has 2 atom stereocenters. The van der Waals surface area contributed by atoms with E-state index in [1.807, 2.05) is 23.8 Å². The number of ether oxygens (including phenoxy) is 1. The Morgan fingerprint density at radius 3 is 2.85 bits per heavy atom. The summed E-state index contributed by atoms with van der Waals surface area (Å²) in [4.78, 5) is 38.5. The van der Waals surface area contributed by atoms with Crippen LogP contribution in [-0.4, -0.2) is 71.1 Å². The van der Waals surface area contributed by atoms with E-state index in [4.69, 9.17) is 16.3 Å². The van der Waals surface area contributed by atoms with E-state index in [1.165, 1.54) is 18.0 Å². The maximum Gasteiger partial charge on any atom is 0.307 e. The summed E-state index contributed by atoms with van der Waals surface area (Å²) in [6.45, 7) is 7.40. The van der Waals surface area contributed by atoms with Gasteiger partial charge < -0.3 is 20.3 Å². The van der Waals surface area contributed by atoms with Gasteiger partial charge in [0.1, 0.15) is 11.5 Å². The van der Waals surface area contributed by atoms with E-state index < -0.39 is 0 Å². The molecule has 2 aromatic heterocycles. The summed E-state index contributed by atoms with van der Waals surface area (Å²) in [5.74, 6) is 0.284. The molecule has 12 heteroatoms. The van der Waals surface area contributed by atoms with Crippen molar-refractivity contribution in [3.05, 3.63) is 44.8 Å². The number of aromatic nitrogens is 2. The highest BCUT2D eigenvalue weighted by atomic mass is 35.5. The molecule has 4 rings (SSSR count). The van der Waals surface area contributed by atoms with Crippen molar-refractivity contribution < 1.29 is 14.3 Å². The van der Waals surface area contributed by atoms with E-state index in [1.54, 1.807) is 17.5 Å². The van der Waals surface area contributed by atoms with Crippen molar-refractivity contribution in [2.75, 3.05) is 37.7 Å². The molecule has 0 radical (unpaired) electrons. The highest BCUT2D eigenvalue weighted by Gasteiger charge is 2.26. The molecule has 2 aliphatic heterocycles. The monoisotopic (exact) mass is 522 g/mol. The number of rotatable bonds is 8. The Labute approximate surface area is 211 Å². The maximum atomic E-state index is 12.6. The number of piperazine rings is 1. The zero-order valence-corrected chi connectivity index (χ0v) is 21.4. The van der Waals surface area contributed by atoms with Crippen molar-refractivity contribution >= 4 is 58.1 Å². The lowest BCUT2D eigenvalue weighted by molar-refractivity contribution is -0.143. The molecule has 0 aromatic carbocycles. The SMILES string of the molecule is CCOC(=O)CCN1CCN(c2cnc(C(=O)NC3NC(c4cc(Cl)cs4)=CS3)cn2)CC1C. The van der Waals surface area contributed by atoms with Crippen LogP contribution in [0.5, 0.6) is 0 Å². The number of hydrogen-bond acceptors (Lipinski definition) is 10. The van der Waals surface area contributed by atoms with Gasteiger partial charge in [0.2, 0.25) is 0 Å². The van der Waals surface area contributed by atoms with Gasteiger partial charge in [0.05, 0.1) is 41.0 Å². The third-order valence-electron chi connectivity index (χ3n) is 5.57. The van der Waals surface area contributed by atoms with E-state index in [-0.39, 0.29) is 29.1 Å². The Bertz CT molecular complexity index is 1050. The normalized spacial score (nSPS) is 20.6. The van der Waals surface area contributed by atoms with E-state index >= 15 is 0 Å². The summed E-state index contributed by atoms with van der Waals surface area (Å²) in [5, 5.41) is 10.7. The number of amides is 1. The Hall–Kier alpha value is -2.34. The summed E-state index contributed by atoms with van der Waals surface area (Å²) >= 11 is 9.03. The van der Waals surface area contributed by atoms with Crippen molar-refractivity contribution in [1.82, 2.24) is 25.5 Å². The lowest BCUT2D eigenvalue weighted by atomic mass is 10.2.